The van der Waals surface area contributed by atoms with Crippen LogP contribution in [-0.4, -0.2) is 9.55 Å². The predicted octanol–water partition coefficient (Wildman–Crippen LogP) is 3.34. The molecule has 3 aromatic rings. The second-order valence-electron chi connectivity index (χ2n) is 4.33. The lowest BCUT2D eigenvalue weighted by Crippen LogP contribution is -2.14. The molecule has 6 heteroatoms. The molecule has 1 N–H and O–H groups in total. The average molecular weight is 278 g/mol. The highest BCUT2D eigenvalue weighted by molar-refractivity contribution is 5.78. The number of imidazole rings is 1. The van der Waals surface area contributed by atoms with Crippen molar-refractivity contribution >= 4 is 11.0 Å². The van der Waals surface area contributed by atoms with E-state index in [1.807, 2.05) is 0 Å². The molecule has 3 nitrogen and oxygen atoms in total. The lowest BCUT2D eigenvalue weighted by Gasteiger charge is -2.07. The van der Waals surface area contributed by atoms with Crippen molar-refractivity contribution in [1.29, 1.82) is 0 Å². The Kier molecular flexibility index (Phi) is 2.67. The van der Waals surface area contributed by atoms with Crippen molar-refractivity contribution in [3.05, 3.63) is 64.6 Å². The third kappa shape index (κ3) is 1.99. The summed E-state index contributed by atoms with van der Waals surface area (Å²) in [6.45, 7) is 0. The van der Waals surface area contributed by atoms with Gasteiger partial charge in [-0.05, 0) is 30.3 Å². The van der Waals surface area contributed by atoms with Crippen LogP contribution in [0.1, 0.15) is 5.56 Å². The van der Waals surface area contributed by atoms with E-state index < -0.39 is 17.4 Å². The van der Waals surface area contributed by atoms with Crippen LogP contribution < -0.4 is 5.69 Å². The Morgan fingerprint density at radius 2 is 1.70 bits per heavy atom. The monoisotopic (exact) mass is 278 g/mol. The Bertz CT molecular complexity index is 816. The van der Waals surface area contributed by atoms with Gasteiger partial charge in [0.15, 0.2) is 0 Å². The normalized spacial score (nSPS) is 11.9. The number of alkyl halides is 3. The van der Waals surface area contributed by atoms with Crippen molar-refractivity contribution in [3.63, 3.8) is 0 Å². The molecular formula is C14H9F3N2O. The van der Waals surface area contributed by atoms with E-state index in [1.54, 1.807) is 30.3 Å². The fourth-order valence-electron chi connectivity index (χ4n) is 2.11. The zero-order valence-electron chi connectivity index (χ0n) is 10.1. The summed E-state index contributed by atoms with van der Waals surface area (Å²) in [6, 6.07) is 11.7. The van der Waals surface area contributed by atoms with Crippen LogP contribution in [0.15, 0.2) is 53.3 Å². The summed E-state index contributed by atoms with van der Waals surface area (Å²) >= 11 is 0. The first-order valence-electron chi connectivity index (χ1n) is 5.84. The van der Waals surface area contributed by atoms with Crippen LogP contribution in [0.5, 0.6) is 0 Å². The largest absolute Gasteiger partial charge is 0.416 e. The first kappa shape index (κ1) is 12.5. The molecule has 0 bridgehead atoms. The second kappa shape index (κ2) is 4.26. The number of fused-ring (bicyclic) bond motifs is 1. The van der Waals surface area contributed by atoms with Crippen molar-refractivity contribution in [2.75, 3.05) is 0 Å². The maximum absolute atomic E-state index is 12.8. The molecule has 102 valence electrons. The SMILES string of the molecule is O=c1[nH]c2ccc(C(F)(F)F)cc2n1-c1ccccc1. The molecule has 0 fully saturated rings. The van der Waals surface area contributed by atoms with E-state index in [2.05, 4.69) is 4.98 Å². The molecule has 0 radical (unpaired) electrons. The first-order valence-corrected chi connectivity index (χ1v) is 5.84. The zero-order chi connectivity index (χ0) is 14.3. The van der Waals surface area contributed by atoms with E-state index in [0.29, 0.717) is 11.2 Å². The van der Waals surface area contributed by atoms with Crippen LogP contribution in [0, 0.1) is 0 Å². The fraction of sp³-hybridized carbons (Fsp3) is 0.0714. The second-order valence-corrected chi connectivity index (χ2v) is 4.33. The molecule has 0 unspecified atom stereocenters. The molecule has 0 saturated carbocycles. The fourth-order valence-corrected chi connectivity index (χ4v) is 2.11. The molecule has 0 spiro atoms. The average Bonchev–Trinajstić information content (AvgIpc) is 2.73. The lowest BCUT2D eigenvalue weighted by atomic mass is 10.2. The van der Waals surface area contributed by atoms with Gasteiger partial charge in [-0.25, -0.2) is 4.79 Å². The molecule has 1 heterocycles. The maximum Gasteiger partial charge on any atom is 0.416 e. The summed E-state index contributed by atoms with van der Waals surface area (Å²) in [5.74, 6) is 0. The molecular weight excluding hydrogens is 269 g/mol. The quantitative estimate of drug-likeness (QED) is 0.728. The smallest absolute Gasteiger partial charge is 0.305 e. The minimum Gasteiger partial charge on any atom is -0.305 e. The number of rotatable bonds is 1. The molecule has 3 rings (SSSR count). The summed E-state index contributed by atoms with van der Waals surface area (Å²) in [6.07, 6.45) is -4.44. The molecule has 0 aliphatic heterocycles. The van der Waals surface area contributed by atoms with E-state index in [-0.39, 0.29) is 5.52 Å². The minimum atomic E-state index is -4.44. The number of nitrogens with one attached hydrogen (secondary N) is 1. The van der Waals surface area contributed by atoms with Gasteiger partial charge in [-0.3, -0.25) is 4.57 Å². The van der Waals surface area contributed by atoms with Crippen LogP contribution in [0.4, 0.5) is 13.2 Å². The van der Waals surface area contributed by atoms with Crippen molar-refractivity contribution in [3.8, 4) is 5.69 Å². The molecule has 0 aliphatic rings. The summed E-state index contributed by atoms with van der Waals surface area (Å²) in [5.41, 5.74) is -0.162. The minimum absolute atomic E-state index is 0.205. The van der Waals surface area contributed by atoms with Crippen LogP contribution in [0.25, 0.3) is 16.7 Å². The van der Waals surface area contributed by atoms with Crippen LogP contribution in [-0.2, 0) is 6.18 Å². The van der Waals surface area contributed by atoms with Crippen LogP contribution in [0.3, 0.4) is 0 Å². The Morgan fingerprint density at radius 3 is 2.35 bits per heavy atom. The molecule has 0 saturated heterocycles. The van der Waals surface area contributed by atoms with Gasteiger partial charge < -0.3 is 4.98 Å². The Labute approximate surface area is 111 Å². The predicted molar refractivity (Wildman–Crippen MR) is 68.9 cm³/mol. The Balaban J connectivity index is 2.32. The van der Waals surface area contributed by atoms with Crippen molar-refractivity contribution in [2.45, 2.75) is 6.18 Å². The highest BCUT2D eigenvalue weighted by atomic mass is 19.4. The molecule has 0 amide bonds. The first-order chi connectivity index (χ1) is 9.47. The number of aromatic amines is 1. The van der Waals surface area contributed by atoms with Gasteiger partial charge in [0.2, 0.25) is 0 Å². The molecule has 0 atom stereocenters. The lowest BCUT2D eigenvalue weighted by molar-refractivity contribution is -0.137. The molecule has 2 aromatic carbocycles. The van der Waals surface area contributed by atoms with Gasteiger partial charge in [-0.1, -0.05) is 18.2 Å². The van der Waals surface area contributed by atoms with Gasteiger partial charge >= 0.3 is 11.9 Å². The van der Waals surface area contributed by atoms with Gasteiger partial charge in [0.05, 0.1) is 22.3 Å². The van der Waals surface area contributed by atoms with Crippen molar-refractivity contribution < 1.29 is 13.2 Å². The number of para-hydroxylation sites is 1. The number of aromatic nitrogens is 2. The van der Waals surface area contributed by atoms with Crippen molar-refractivity contribution in [1.82, 2.24) is 9.55 Å². The number of benzene rings is 2. The third-order valence-corrected chi connectivity index (χ3v) is 3.03. The van der Waals surface area contributed by atoms with Gasteiger partial charge in [-0.15, -0.1) is 0 Å². The van der Waals surface area contributed by atoms with Crippen LogP contribution >= 0.6 is 0 Å². The number of hydrogen-bond acceptors (Lipinski definition) is 1. The molecule has 0 aliphatic carbocycles. The zero-order valence-corrected chi connectivity index (χ0v) is 10.1. The van der Waals surface area contributed by atoms with Crippen LogP contribution in [0.2, 0.25) is 0 Å². The standard InChI is InChI=1S/C14H9F3N2O/c15-14(16,17)9-6-7-11-12(8-9)19(13(20)18-11)10-4-2-1-3-5-10/h1-8H,(H,18,20). The van der Waals surface area contributed by atoms with Gasteiger partial charge in [0, 0.05) is 0 Å². The van der Waals surface area contributed by atoms with E-state index in [0.717, 1.165) is 12.1 Å². The van der Waals surface area contributed by atoms with E-state index >= 15 is 0 Å². The molecule has 20 heavy (non-hydrogen) atoms. The van der Waals surface area contributed by atoms with E-state index in [4.69, 9.17) is 0 Å². The van der Waals surface area contributed by atoms with Crippen molar-refractivity contribution in [2.24, 2.45) is 0 Å². The van der Waals surface area contributed by atoms with Gasteiger partial charge in [-0.2, -0.15) is 13.2 Å². The number of H-pyrrole nitrogens is 1. The maximum atomic E-state index is 12.8. The summed E-state index contributed by atoms with van der Waals surface area (Å²) in [5, 5.41) is 0. The highest BCUT2D eigenvalue weighted by Gasteiger charge is 2.31. The number of hydrogen-bond donors (Lipinski definition) is 1. The van der Waals surface area contributed by atoms with E-state index in [1.165, 1.54) is 10.6 Å². The third-order valence-electron chi connectivity index (χ3n) is 3.03. The van der Waals surface area contributed by atoms with Gasteiger partial charge in [0.1, 0.15) is 0 Å². The molecule has 1 aromatic heterocycles. The Morgan fingerprint density at radius 1 is 1.00 bits per heavy atom. The number of nitrogens with zero attached hydrogens (tertiary/aromatic N) is 1. The highest BCUT2D eigenvalue weighted by Crippen LogP contribution is 2.31. The topological polar surface area (TPSA) is 37.8 Å². The summed E-state index contributed by atoms with van der Waals surface area (Å²) in [4.78, 5) is 14.5. The Hall–Kier alpha value is -2.50. The van der Waals surface area contributed by atoms with Gasteiger partial charge in [0.25, 0.3) is 0 Å². The van der Waals surface area contributed by atoms with E-state index in [9.17, 15) is 18.0 Å². The number of halogens is 3. The summed E-state index contributed by atoms with van der Waals surface area (Å²) < 4.78 is 39.5. The summed E-state index contributed by atoms with van der Waals surface area (Å²) in [7, 11) is 0.